The van der Waals surface area contributed by atoms with Gasteiger partial charge in [0.15, 0.2) is 0 Å². The molecule has 10 heavy (non-hydrogen) atoms. The van der Waals surface area contributed by atoms with E-state index in [1.807, 2.05) is 11.8 Å². The maximum Gasteiger partial charge on any atom is 0.0678 e. The summed E-state index contributed by atoms with van der Waals surface area (Å²) in [6.07, 6.45) is 1.20. The first-order chi connectivity index (χ1) is 4.88. The third-order valence-electron chi connectivity index (χ3n) is 1.49. The van der Waals surface area contributed by atoms with Crippen molar-refractivity contribution in [2.75, 3.05) is 18.3 Å². The zero-order chi connectivity index (χ0) is 7.40. The van der Waals surface area contributed by atoms with Crippen molar-refractivity contribution in [3.8, 4) is 0 Å². The fourth-order valence-corrected chi connectivity index (χ4v) is 2.29. The van der Waals surface area contributed by atoms with Crippen LogP contribution in [0.25, 0.3) is 0 Å². The molecule has 0 aromatic rings. The van der Waals surface area contributed by atoms with Crippen molar-refractivity contribution in [1.29, 1.82) is 0 Å². The van der Waals surface area contributed by atoms with E-state index in [0.29, 0.717) is 5.88 Å². The lowest BCUT2D eigenvalue weighted by Crippen LogP contribution is -2.20. The standard InChI is InChI=1S/C7H12ClNS/c1-2-3-9-6-10-5-7(9)4-8/h5H,2-4,6H2,1H3. The van der Waals surface area contributed by atoms with Crippen LogP contribution in [0.2, 0.25) is 0 Å². The highest BCUT2D eigenvalue weighted by atomic mass is 35.5. The number of hydrogen-bond acceptors (Lipinski definition) is 2. The van der Waals surface area contributed by atoms with Gasteiger partial charge in [0.25, 0.3) is 0 Å². The molecule has 0 aliphatic carbocycles. The summed E-state index contributed by atoms with van der Waals surface area (Å²) in [5.74, 6) is 1.75. The molecule has 0 radical (unpaired) electrons. The molecule has 0 aromatic carbocycles. The molecule has 0 atom stereocenters. The molecule has 1 aliphatic heterocycles. The van der Waals surface area contributed by atoms with Gasteiger partial charge in [-0.3, -0.25) is 0 Å². The van der Waals surface area contributed by atoms with Crippen molar-refractivity contribution < 1.29 is 0 Å². The summed E-state index contributed by atoms with van der Waals surface area (Å²) in [5, 5.41) is 2.16. The maximum atomic E-state index is 5.71. The first-order valence-electron chi connectivity index (χ1n) is 3.50. The molecule has 0 N–H and O–H groups in total. The van der Waals surface area contributed by atoms with Gasteiger partial charge in [0.05, 0.1) is 11.8 Å². The van der Waals surface area contributed by atoms with Crippen LogP contribution in [0.1, 0.15) is 13.3 Å². The Morgan fingerprint density at radius 2 is 2.60 bits per heavy atom. The lowest BCUT2D eigenvalue weighted by Gasteiger charge is -2.18. The van der Waals surface area contributed by atoms with Gasteiger partial charge >= 0.3 is 0 Å². The van der Waals surface area contributed by atoms with Crippen LogP contribution < -0.4 is 0 Å². The van der Waals surface area contributed by atoms with Crippen molar-refractivity contribution in [3.63, 3.8) is 0 Å². The number of rotatable bonds is 3. The predicted molar refractivity (Wildman–Crippen MR) is 48.3 cm³/mol. The molecule has 0 saturated heterocycles. The number of halogens is 1. The Morgan fingerprint density at radius 1 is 1.80 bits per heavy atom. The van der Waals surface area contributed by atoms with Crippen molar-refractivity contribution >= 4 is 23.4 Å². The van der Waals surface area contributed by atoms with Gasteiger partial charge in [0.2, 0.25) is 0 Å². The van der Waals surface area contributed by atoms with E-state index in [2.05, 4.69) is 17.2 Å². The van der Waals surface area contributed by atoms with Crippen LogP contribution in [-0.4, -0.2) is 23.2 Å². The second kappa shape index (κ2) is 4.14. The minimum absolute atomic E-state index is 0.660. The molecular formula is C7H12ClNS. The van der Waals surface area contributed by atoms with Crippen molar-refractivity contribution in [2.45, 2.75) is 13.3 Å². The van der Waals surface area contributed by atoms with Gasteiger partial charge in [0.1, 0.15) is 0 Å². The molecule has 0 spiro atoms. The highest BCUT2D eigenvalue weighted by molar-refractivity contribution is 8.02. The summed E-state index contributed by atoms with van der Waals surface area (Å²) in [7, 11) is 0. The van der Waals surface area contributed by atoms with E-state index in [1.54, 1.807) is 0 Å². The van der Waals surface area contributed by atoms with E-state index in [-0.39, 0.29) is 0 Å². The van der Waals surface area contributed by atoms with E-state index in [9.17, 15) is 0 Å². The quantitative estimate of drug-likeness (QED) is 0.610. The van der Waals surface area contributed by atoms with E-state index in [0.717, 1.165) is 12.4 Å². The Balaban J connectivity index is 2.38. The number of hydrogen-bond donors (Lipinski definition) is 0. The van der Waals surface area contributed by atoms with Gasteiger partial charge in [0, 0.05) is 12.2 Å². The summed E-state index contributed by atoms with van der Waals surface area (Å²) >= 11 is 7.55. The number of nitrogens with zero attached hydrogens (tertiary/aromatic N) is 1. The highest BCUT2D eigenvalue weighted by Gasteiger charge is 2.12. The third-order valence-corrected chi connectivity index (χ3v) is 2.66. The van der Waals surface area contributed by atoms with Crippen molar-refractivity contribution in [2.24, 2.45) is 0 Å². The van der Waals surface area contributed by atoms with Gasteiger partial charge in [-0.1, -0.05) is 6.92 Å². The Hall–Kier alpha value is 0.180. The monoisotopic (exact) mass is 177 g/mol. The van der Waals surface area contributed by atoms with Crippen molar-refractivity contribution in [1.82, 2.24) is 4.90 Å². The predicted octanol–water partition coefficient (Wildman–Crippen LogP) is 2.48. The molecule has 0 saturated carbocycles. The average molecular weight is 178 g/mol. The minimum Gasteiger partial charge on any atom is -0.364 e. The van der Waals surface area contributed by atoms with Crippen LogP contribution in [0.3, 0.4) is 0 Å². The van der Waals surface area contributed by atoms with Gasteiger partial charge in [-0.2, -0.15) is 0 Å². The molecule has 3 heteroatoms. The molecule has 0 fully saturated rings. The summed E-state index contributed by atoms with van der Waals surface area (Å²) in [6, 6.07) is 0. The largest absolute Gasteiger partial charge is 0.364 e. The fourth-order valence-electron chi connectivity index (χ4n) is 0.975. The lowest BCUT2D eigenvalue weighted by molar-refractivity contribution is 0.412. The third kappa shape index (κ3) is 1.83. The van der Waals surface area contributed by atoms with Crippen LogP contribution >= 0.6 is 23.4 Å². The van der Waals surface area contributed by atoms with Crippen LogP contribution in [0.4, 0.5) is 0 Å². The molecule has 1 aliphatic rings. The zero-order valence-electron chi connectivity index (χ0n) is 6.14. The number of allylic oxidation sites excluding steroid dienone is 1. The average Bonchev–Trinajstić information content (AvgIpc) is 2.36. The topological polar surface area (TPSA) is 3.24 Å². The van der Waals surface area contributed by atoms with E-state index >= 15 is 0 Å². The molecular weight excluding hydrogens is 166 g/mol. The van der Waals surface area contributed by atoms with E-state index < -0.39 is 0 Å². The zero-order valence-corrected chi connectivity index (χ0v) is 7.71. The molecule has 0 unspecified atom stereocenters. The smallest absolute Gasteiger partial charge is 0.0678 e. The molecule has 1 heterocycles. The van der Waals surface area contributed by atoms with Gasteiger partial charge < -0.3 is 4.90 Å². The summed E-state index contributed by atoms with van der Waals surface area (Å²) in [4.78, 5) is 2.33. The van der Waals surface area contributed by atoms with Crippen LogP contribution in [0.5, 0.6) is 0 Å². The van der Waals surface area contributed by atoms with Crippen molar-refractivity contribution in [3.05, 3.63) is 11.1 Å². The van der Waals surface area contributed by atoms with Crippen LogP contribution in [0.15, 0.2) is 11.1 Å². The summed E-state index contributed by atoms with van der Waals surface area (Å²) < 4.78 is 0. The lowest BCUT2D eigenvalue weighted by atomic mass is 10.4. The van der Waals surface area contributed by atoms with Gasteiger partial charge in [-0.25, -0.2) is 0 Å². The normalized spacial score (nSPS) is 17.8. The number of thioether (sulfide) groups is 1. The second-order valence-corrected chi connectivity index (χ2v) is 3.40. The van der Waals surface area contributed by atoms with Gasteiger partial charge in [-0.15, -0.1) is 23.4 Å². The Labute approximate surface area is 71.4 Å². The highest BCUT2D eigenvalue weighted by Crippen LogP contribution is 2.23. The maximum absolute atomic E-state index is 5.71. The van der Waals surface area contributed by atoms with E-state index in [1.165, 1.54) is 12.1 Å². The first kappa shape index (κ1) is 8.28. The van der Waals surface area contributed by atoms with Crippen LogP contribution in [0, 0.1) is 0 Å². The minimum atomic E-state index is 0.660. The Morgan fingerprint density at radius 3 is 3.20 bits per heavy atom. The van der Waals surface area contributed by atoms with Crippen LogP contribution in [-0.2, 0) is 0 Å². The molecule has 0 amide bonds. The molecule has 58 valence electrons. The molecule has 0 aromatic heterocycles. The Kier molecular flexibility index (Phi) is 3.43. The fraction of sp³-hybridized carbons (Fsp3) is 0.714. The summed E-state index contributed by atoms with van der Waals surface area (Å²) in [6.45, 7) is 3.33. The second-order valence-electron chi connectivity index (χ2n) is 2.30. The first-order valence-corrected chi connectivity index (χ1v) is 5.08. The van der Waals surface area contributed by atoms with E-state index in [4.69, 9.17) is 11.6 Å². The Bertz CT molecular complexity index is 136. The molecule has 0 bridgehead atoms. The molecule has 1 rings (SSSR count). The number of alkyl halides is 1. The SMILES string of the molecule is CCCN1CSC=C1CCl. The summed E-state index contributed by atoms with van der Waals surface area (Å²) in [5.41, 5.74) is 1.29. The molecule has 1 nitrogen and oxygen atoms in total. The van der Waals surface area contributed by atoms with Gasteiger partial charge in [-0.05, 0) is 11.8 Å².